The molecule has 0 saturated carbocycles. The van der Waals surface area contributed by atoms with E-state index in [-0.39, 0.29) is 16.7 Å². The average molecular weight is 287 g/mol. The van der Waals surface area contributed by atoms with Crippen LogP contribution in [0.1, 0.15) is 24.9 Å². The van der Waals surface area contributed by atoms with E-state index in [1.807, 2.05) is 25.1 Å². The van der Waals surface area contributed by atoms with Crippen LogP contribution in [0.15, 0.2) is 42.6 Å². The van der Waals surface area contributed by atoms with Crippen molar-refractivity contribution in [2.45, 2.75) is 19.4 Å². The Balaban J connectivity index is 2.27. The quantitative estimate of drug-likeness (QED) is 0.649. The van der Waals surface area contributed by atoms with Gasteiger partial charge in [-0.15, -0.1) is 0 Å². The SMILES string of the molecule is CCC(Nc1cccnc1OC)c1cccc([N+](=O)[O-])c1. The normalized spacial score (nSPS) is 11.7. The molecule has 0 aliphatic rings. The van der Waals surface area contributed by atoms with E-state index in [1.165, 1.54) is 6.07 Å². The van der Waals surface area contributed by atoms with Gasteiger partial charge in [-0.05, 0) is 24.1 Å². The fourth-order valence-corrected chi connectivity index (χ4v) is 2.13. The minimum Gasteiger partial charge on any atom is -0.480 e. The number of ether oxygens (including phenoxy) is 1. The molecule has 110 valence electrons. The number of benzene rings is 1. The summed E-state index contributed by atoms with van der Waals surface area (Å²) in [5, 5.41) is 14.2. The van der Waals surface area contributed by atoms with Crippen LogP contribution in [-0.2, 0) is 0 Å². The summed E-state index contributed by atoms with van der Waals surface area (Å²) in [5.41, 5.74) is 1.71. The molecule has 1 aromatic carbocycles. The van der Waals surface area contributed by atoms with Crippen LogP contribution >= 0.6 is 0 Å². The zero-order chi connectivity index (χ0) is 15.2. The van der Waals surface area contributed by atoms with Gasteiger partial charge in [-0.2, -0.15) is 0 Å². The Morgan fingerprint density at radius 2 is 2.19 bits per heavy atom. The topological polar surface area (TPSA) is 77.3 Å². The van der Waals surface area contributed by atoms with Crippen LogP contribution in [0.5, 0.6) is 5.88 Å². The Bertz CT molecular complexity index is 631. The highest BCUT2D eigenvalue weighted by atomic mass is 16.6. The molecule has 0 aliphatic heterocycles. The lowest BCUT2D eigenvalue weighted by molar-refractivity contribution is -0.384. The predicted octanol–water partition coefficient (Wildman–Crippen LogP) is 3.56. The van der Waals surface area contributed by atoms with Crippen molar-refractivity contribution in [1.29, 1.82) is 0 Å². The van der Waals surface area contributed by atoms with E-state index < -0.39 is 0 Å². The fraction of sp³-hybridized carbons (Fsp3) is 0.267. The van der Waals surface area contributed by atoms with Crippen molar-refractivity contribution in [2.24, 2.45) is 0 Å². The minimum atomic E-state index is -0.388. The molecular weight excluding hydrogens is 270 g/mol. The van der Waals surface area contributed by atoms with E-state index in [2.05, 4.69) is 10.3 Å². The van der Waals surface area contributed by atoms with E-state index in [1.54, 1.807) is 25.4 Å². The number of non-ortho nitro benzene ring substituents is 1. The Morgan fingerprint density at radius 1 is 1.38 bits per heavy atom. The van der Waals surface area contributed by atoms with E-state index >= 15 is 0 Å². The summed E-state index contributed by atoms with van der Waals surface area (Å²) in [5.74, 6) is 0.501. The molecule has 0 saturated heterocycles. The predicted molar refractivity (Wildman–Crippen MR) is 80.5 cm³/mol. The summed E-state index contributed by atoms with van der Waals surface area (Å²) in [6.07, 6.45) is 2.43. The number of nitro benzene ring substituents is 1. The summed E-state index contributed by atoms with van der Waals surface area (Å²) in [4.78, 5) is 14.6. The number of aromatic nitrogens is 1. The Hall–Kier alpha value is -2.63. The van der Waals surface area contributed by atoms with Crippen LogP contribution in [0.4, 0.5) is 11.4 Å². The van der Waals surface area contributed by atoms with Crippen molar-refractivity contribution in [3.05, 3.63) is 58.3 Å². The molecule has 21 heavy (non-hydrogen) atoms. The highest BCUT2D eigenvalue weighted by Crippen LogP contribution is 2.29. The zero-order valence-electron chi connectivity index (χ0n) is 11.9. The van der Waals surface area contributed by atoms with Gasteiger partial charge in [0.05, 0.1) is 23.8 Å². The maximum absolute atomic E-state index is 10.9. The van der Waals surface area contributed by atoms with Gasteiger partial charge in [-0.3, -0.25) is 10.1 Å². The monoisotopic (exact) mass is 287 g/mol. The van der Waals surface area contributed by atoms with Gasteiger partial charge in [-0.25, -0.2) is 4.98 Å². The van der Waals surface area contributed by atoms with Gasteiger partial charge in [0.1, 0.15) is 0 Å². The van der Waals surface area contributed by atoms with Crippen LogP contribution in [0.2, 0.25) is 0 Å². The number of nitro groups is 1. The van der Waals surface area contributed by atoms with Crippen LogP contribution in [-0.4, -0.2) is 17.0 Å². The number of nitrogens with zero attached hydrogens (tertiary/aromatic N) is 2. The summed E-state index contributed by atoms with van der Waals surface area (Å²) in [7, 11) is 1.56. The van der Waals surface area contributed by atoms with E-state index in [0.29, 0.717) is 5.88 Å². The van der Waals surface area contributed by atoms with Crippen molar-refractivity contribution in [3.8, 4) is 5.88 Å². The number of hydrogen-bond acceptors (Lipinski definition) is 5. The molecule has 1 unspecified atom stereocenters. The van der Waals surface area contributed by atoms with E-state index in [4.69, 9.17) is 4.74 Å². The standard InChI is InChI=1S/C15H17N3O3/c1-3-13(11-6-4-7-12(10-11)18(19)20)17-14-8-5-9-16-15(14)21-2/h4-10,13,17H,3H2,1-2H3. The second-order valence-corrected chi connectivity index (χ2v) is 4.52. The number of hydrogen-bond donors (Lipinski definition) is 1. The summed E-state index contributed by atoms with van der Waals surface area (Å²) >= 11 is 0. The van der Waals surface area contributed by atoms with Crippen LogP contribution in [0.25, 0.3) is 0 Å². The molecule has 0 fully saturated rings. The van der Waals surface area contributed by atoms with Gasteiger partial charge < -0.3 is 10.1 Å². The van der Waals surface area contributed by atoms with Crippen molar-refractivity contribution in [1.82, 2.24) is 4.98 Å². The Kier molecular flexibility index (Phi) is 4.71. The van der Waals surface area contributed by atoms with E-state index in [0.717, 1.165) is 17.7 Å². The Morgan fingerprint density at radius 3 is 2.86 bits per heavy atom. The van der Waals surface area contributed by atoms with Crippen molar-refractivity contribution in [2.75, 3.05) is 12.4 Å². The summed E-state index contributed by atoms with van der Waals surface area (Å²) < 4.78 is 5.21. The Labute approximate surface area is 122 Å². The smallest absolute Gasteiger partial charge is 0.269 e. The third-order valence-corrected chi connectivity index (χ3v) is 3.19. The first-order valence-electron chi connectivity index (χ1n) is 6.65. The zero-order valence-corrected chi connectivity index (χ0v) is 11.9. The second kappa shape index (κ2) is 6.69. The van der Waals surface area contributed by atoms with Gasteiger partial charge in [0.2, 0.25) is 5.88 Å². The number of anilines is 1. The van der Waals surface area contributed by atoms with Gasteiger partial charge in [0.15, 0.2) is 0 Å². The highest BCUT2D eigenvalue weighted by molar-refractivity contribution is 5.54. The van der Waals surface area contributed by atoms with Crippen LogP contribution < -0.4 is 10.1 Å². The average Bonchev–Trinajstić information content (AvgIpc) is 2.53. The van der Waals surface area contributed by atoms with Crippen molar-refractivity contribution < 1.29 is 9.66 Å². The second-order valence-electron chi connectivity index (χ2n) is 4.52. The lowest BCUT2D eigenvalue weighted by atomic mass is 10.0. The van der Waals surface area contributed by atoms with Gasteiger partial charge in [-0.1, -0.05) is 19.1 Å². The highest BCUT2D eigenvalue weighted by Gasteiger charge is 2.15. The third kappa shape index (κ3) is 3.47. The van der Waals surface area contributed by atoms with Crippen molar-refractivity contribution in [3.63, 3.8) is 0 Å². The minimum absolute atomic E-state index is 0.0528. The molecule has 1 aromatic heterocycles. The van der Waals surface area contributed by atoms with Gasteiger partial charge >= 0.3 is 0 Å². The molecule has 0 radical (unpaired) electrons. The number of pyridine rings is 1. The van der Waals surface area contributed by atoms with Gasteiger partial charge in [0, 0.05) is 18.3 Å². The first-order chi connectivity index (χ1) is 10.2. The molecule has 6 nitrogen and oxygen atoms in total. The maximum Gasteiger partial charge on any atom is 0.269 e. The molecule has 6 heteroatoms. The summed E-state index contributed by atoms with van der Waals surface area (Å²) in [6, 6.07) is 10.3. The number of rotatable bonds is 6. The van der Waals surface area contributed by atoms with Crippen LogP contribution in [0.3, 0.4) is 0 Å². The molecule has 1 N–H and O–H groups in total. The van der Waals surface area contributed by atoms with E-state index in [9.17, 15) is 10.1 Å². The third-order valence-electron chi connectivity index (χ3n) is 3.19. The molecule has 0 bridgehead atoms. The van der Waals surface area contributed by atoms with Crippen molar-refractivity contribution >= 4 is 11.4 Å². The fourth-order valence-electron chi connectivity index (χ4n) is 2.13. The molecule has 1 atom stereocenters. The lowest BCUT2D eigenvalue weighted by Gasteiger charge is -2.19. The van der Waals surface area contributed by atoms with Gasteiger partial charge in [0.25, 0.3) is 5.69 Å². The number of methoxy groups -OCH3 is 1. The molecule has 0 aliphatic carbocycles. The first-order valence-corrected chi connectivity index (χ1v) is 6.65. The molecule has 1 heterocycles. The lowest BCUT2D eigenvalue weighted by Crippen LogP contribution is -2.11. The number of nitrogens with one attached hydrogen (secondary N) is 1. The largest absolute Gasteiger partial charge is 0.480 e. The maximum atomic E-state index is 10.9. The molecule has 0 amide bonds. The molecular formula is C15H17N3O3. The molecule has 0 spiro atoms. The molecule has 2 rings (SSSR count). The van der Waals surface area contributed by atoms with Crippen LogP contribution in [0, 0.1) is 10.1 Å². The molecule has 2 aromatic rings. The summed E-state index contributed by atoms with van der Waals surface area (Å²) in [6.45, 7) is 2.01. The first kappa shape index (κ1) is 14.8.